The Morgan fingerprint density at radius 3 is 2.80 bits per heavy atom. The molecule has 0 aromatic heterocycles. The Hall–Kier alpha value is -0.250. The molecule has 4 heteroatoms. The van der Waals surface area contributed by atoms with Crippen molar-refractivity contribution >= 4 is 17.7 Å². The highest BCUT2D eigenvalue weighted by atomic mass is 32.2. The van der Waals surface area contributed by atoms with E-state index in [2.05, 4.69) is 0 Å². The maximum absolute atomic E-state index is 12.1. The van der Waals surface area contributed by atoms with E-state index in [4.69, 9.17) is 5.11 Å². The minimum Gasteiger partial charge on any atom is -0.481 e. The summed E-state index contributed by atoms with van der Waals surface area (Å²) in [5.41, 5.74) is 0. The number of hydrogen-bond acceptors (Lipinski definition) is 2. The van der Waals surface area contributed by atoms with Crippen LogP contribution < -0.4 is 0 Å². The average Bonchev–Trinajstić information content (AvgIpc) is 1.79. The van der Waals surface area contributed by atoms with Gasteiger partial charge in [0.1, 0.15) is 6.17 Å². The lowest BCUT2D eigenvalue weighted by atomic mass is 10.5. The Balaban J connectivity index is 2.98. The summed E-state index contributed by atoms with van der Waals surface area (Å²) in [7, 11) is 0. The third-order valence-corrected chi connectivity index (χ3v) is 2.00. The van der Waals surface area contributed by atoms with Gasteiger partial charge in [-0.1, -0.05) is 0 Å². The molecule has 0 aliphatic heterocycles. The first-order valence-electron chi connectivity index (χ1n) is 3.06. The molecule has 10 heavy (non-hydrogen) atoms. The van der Waals surface area contributed by atoms with Gasteiger partial charge in [-0.25, -0.2) is 4.39 Å². The van der Waals surface area contributed by atoms with Gasteiger partial charge in [-0.3, -0.25) is 4.79 Å². The molecule has 0 amide bonds. The van der Waals surface area contributed by atoms with Gasteiger partial charge < -0.3 is 5.11 Å². The van der Waals surface area contributed by atoms with E-state index in [9.17, 15) is 9.18 Å². The standard InChI is InChI=1S/C6H11FO2S/c1-5(7)4-10-3-2-6(8)9/h5H,2-4H2,1H3,(H,8,9). The molecular weight excluding hydrogens is 155 g/mol. The molecule has 1 N–H and O–H groups in total. The Morgan fingerprint density at radius 2 is 2.40 bits per heavy atom. The molecule has 0 bridgehead atoms. The van der Waals surface area contributed by atoms with Crippen LogP contribution in [0.2, 0.25) is 0 Å². The molecule has 0 heterocycles. The van der Waals surface area contributed by atoms with Crippen molar-refractivity contribution in [1.82, 2.24) is 0 Å². The Labute approximate surface area is 63.8 Å². The van der Waals surface area contributed by atoms with Crippen molar-refractivity contribution in [3.63, 3.8) is 0 Å². The van der Waals surface area contributed by atoms with Crippen LogP contribution in [0.1, 0.15) is 13.3 Å². The summed E-state index contributed by atoms with van der Waals surface area (Å²) in [6.45, 7) is 1.47. The van der Waals surface area contributed by atoms with E-state index in [1.807, 2.05) is 0 Å². The fourth-order valence-electron chi connectivity index (χ4n) is 0.405. The van der Waals surface area contributed by atoms with Crippen molar-refractivity contribution in [2.24, 2.45) is 0 Å². The van der Waals surface area contributed by atoms with E-state index >= 15 is 0 Å². The van der Waals surface area contributed by atoms with Crippen LogP contribution >= 0.6 is 11.8 Å². The monoisotopic (exact) mass is 166 g/mol. The summed E-state index contributed by atoms with van der Waals surface area (Å²) < 4.78 is 12.1. The molecule has 1 atom stereocenters. The van der Waals surface area contributed by atoms with Gasteiger partial charge in [-0.15, -0.1) is 0 Å². The first-order chi connectivity index (χ1) is 4.63. The van der Waals surface area contributed by atoms with Crippen LogP contribution in [0.15, 0.2) is 0 Å². The number of aliphatic carboxylic acids is 1. The number of thioether (sulfide) groups is 1. The van der Waals surface area contributed by atoms with Crippen molar-refractivity contribution < 1.29 is 14.3 Å². The smallest absolute Gasteiger partial charge is 0.304 e. The van der Waals surface area contributed by atoms with Crippen LogP contribution in [0, 0.1) is 0 Å². The maximum atomic E-state index is 12.1. The molecule has 0 fully saturated rings. The maximum Gasteiger partial charge on any atom is 0.304 e. The Morgan fingerprint density at radius 1 is 1.80 bits per heavy atom. The zero-order chi connectivity index (χ0) is 7.98. The minimum atomic E-state index is -0.834. The molecule has 60 valence electrons. The first-order valence-corrected chi connectivity index (χ1v) is 4.22. The summed E-state index contributed by atoms with van der Waals surface area (Å²) >= 11 is 1.33. The number of alkyl halides is 1. The molecule has 2 nitrogen and oxygen atoms in total. The highest BCUT2D eigenvalue weighted by Gasteiger charge is 1.99. The number of hydrogen-bond donors (Lipinski definition) is 1. The number of halogens is 1. The van der Waals surface area contributed by atoms with Gasteiger partial charge in [0.2, 0.25) is 0 Å². The van der Waals surface area contributed by atoms with Crippen LogP contribution in [-0.4, -0.2) is 28.8 Å². The number of rotatable bonds is 5. The zero-order valence-electron chi connectivity index (χ0n) is 5.84. The second kappa shape index (κ2) is 5.53. The third-order valence-electron chi connectivity index (χ3n) is 0.808. The van der Waals surface area contributed by atoms with Crippen LogP contribution in [-0.2, 0) is 4.79 Å². The van der Waals surface area contributed by atoms with Gasteiger partial charge in [0.15, 0.2) is 0 Å². The van der Waals surface area contributed by atoms with Crippen molar-refractivity contribution in [2.75, 3.05) is 11.5 Å². The lowest BCUT2D eigenvalue weighted by Gasteiger charge is -1.98. The molecule has 0 spiro atoms. The molecule has 1 unspecified atom stereocenters. The van der Waals surface area contributed by atoms with E-state index in [-0.39, 0.29) is 6.42 Å². The third kappa shape index (κ3) is 7.75. The van der Waals surface area contributed by atoms with Gasteiger partial charge in [-0.05, 0) is 6.92 Å². The summed E-state index contributed by atoms with van der Waals surface area (Å²) in [6.07, 6.45) is -0.712. The number of carboxylic acids is 1. The van der Waals surface area contributed by atoms with Crippen molar-refractivity contribution in [1.29, 1.82) is 0 Å². The van der Waals surface area contributed by atoms with E-state index < -0.39 is 12.1 Å². The van der Waals surface area contributed by atoms with Crippen LogP contribution in [0.3, 0.4) is 0 Å². The highest BCUT2D eigenvalue weighted by Crippen LogP contribution is 2.06. The van der Waals surface area contributed by atoms with Gasteiger partial charge in [-0.2, -0.15) is 11.8 Å². The summed E-state index contributed by atoms with van der Waals surface area (Å²) in [5, 5.41) is 8.17. The normalized spacial score (nSPS) is 13.0. The molecule has 0 rings (SSSR count). The summed E-state index contributed by atoms with van der Waals surface area (Å²) in [4.78, 5) is 9.94. The lowest BCUT2D eigenvalue weighted by molar-refractivity contribution is -0.136. The van der Waals surface area contributed by atoms with Gasteiger partial charge >= 0.3 is 5.97 Å². The molecule has 0 aromatic rings. The topological polar surface area (TPSA) is 37.3 Å². The number of carbonyl (C=O) groups is 1. The fourth-order valence-corrected chi connectivity index (χ4v) is 1.22. The van der Waals surface area contributed by atoms with Gasteiger partial charge in [0, 0.05) is 11.5 Å². The van der Waals surface area contributed by atoms with E-state index in [1.54, 1.807) is 0 Å². The predicted octanol–water partition coefficient (Wildman–Crippen LogP) is 1.55. The van der Waals surface area contributed by atoms with Gasteiger partial charge in [0.25, 0.3) is 0 Å². The highest BCUT2D eigenvalue weighted by molar-refractivity contribution is 7.99. The first kappa shape index (κ1) is 9.75. The molecule has 0 saturated carbocycles. The predicted molar refractivity (Wildman–Crippen MR) is 40.1 cm³/mol. The lowest BCUT2D eigenvalue weighted by Crippen LogP contribution is -2.00. The molecular formula is C6H11FO2S. The molecule has 0 aliphatic carbocycles. The van der Waals surface area contributed by atoms with Crippen LogP contribution in [0.4, 0.5) is 4.39 Å². The fraction of sp³-hybridized carbons (Fsp3) is 0.833. The molecule has 0 aromatic carbocycles. The van der Waals surface area contributed by atoms with Crippen LogP contribution in [0.5, 0.6) is 0 Å². The quantitative estimate of drug-likeness (QED) is 0.630. The average molecular weight is 166 g/mol. The van der Waals surface area contributed by atoms with Crippen molar-refractivity contribution in [3.05, 3.63) is 0 Å². The summed E-state index contributed by atoms with van der Waals surface area (Å²) in [6, 6.07) is 0. The van der Waals surface area contributed by atoms with E-state index in [0.29, 0.717) is 11.5 Å². The summed E-state index contributed by atoms with van der Waals surface area (Å²) in [5.74, 6) is 0.0793. The molecule has 0 saturated heterocycles. The Kier molecular flexibility index (Phi) is 5.39. The van der Waals surface area contributed by atoms with E-state index in [0.717, 1.165) is 0 Å². The number of carboxylic acid groups (broad SMARTS) is 1. The molecule has 0 aliphatic rings. The minimum absolute atomic E-state index is 0.122. The van der Waals surface area contributed by atoms with Crippen molar-refractivity contribution in [3.8, 4) is 0 Å². The van der Waals surface area contributed by atoms with Crippen LogP contribution in [0.25, 0.3) is 0 Å². The zero-order valence-corrected chi connectivity index (χ0v) is 6.66. The second-order valence-electron chi connectivity index (χ2n) is 2.00. The second-order valence-corrected chi connectivity index (χ2v) is 3.15. The molecule has 0 radical (unpaired) electrons. The SMILES string of the molecule is CC(F)CSCCC(=O)O. The van der Waals surface area contributed by atoms with E-state index in [1.165, 1.54) is 18.7 Å². The Bertz CT molecular complexity index is 106. The van der Waals surface area contributed by atoms with Crippen molar-refractivity contribution in [2.45, 2.75) is 19.5 Å². The van der Waals surface area contributed by atoms with Gasteiger partial charge in [0.05, 0.1) is 6.42 Å². The largest absolute Gasteiger partial charge is 0.481 e.